The van der Waals surface area contributed by atoms with E-state index < -0.39 is 0 Å². The summed E-state index contributed by atoms with van der Waals surface area (Å²) >= 11 is 0. The van der Waals surface area contributed by atoms with Crippen molar-refractivity contribution < 1.29 is 14.3 Å². The number of piperidine rings is 1. The summed E-state index contributed by atoms with van der Waals surface area (Å²) in [5, 5.41) is 2.94. The molecule has 23 heavy (non-hydrogen) atoms. The monoisotopic (exact) mass is 320 g/mol. The molecule has 0 bridgehead atoms. The highest BCUT2D eigenvalue weighted by Gasteiger charge is 2.28. The number of anilines is 1. The molecule has 1 aliphatic heterocycles. The number of carbonyl (C=O) groups excluding carboxylic acids is 2. The summed E-state index contributed by atoms with van der Waals surface area (Å²) in [4.78, 5) is 30.3. The predicted octanol–water partition coefficient (Wildman–Crippen LogP) is 0.667. The minimum atomic E-state index is -0.135. The van der Waals surface area contributed by atoms with Crippen molar-refractivity contribution in [2.45, 2.75) is 25.8 Å². The fourth-order valence-electron chi connectivity index (χ4n) is 2.72. The van der Waals surface area contributed by atoms with Crippen LogP contribution in [0, 0.1) is 5.92 Å². The lowest BCUT2D eigenvalue weighted by atomic mass is 9.95. The van der Waals surface area contributed by atoms with Crippen LogP contribution in [0.3, 0.4) is 0 Å². The summed E-state index contributed by atoms with van der Waals surface area (Å²) in [5.74, 6) is -0.167. The Balaban J connectivity index is 1.86. The molecule has 1 fully saturated rings. The third-order valence-corrected chi connectivity index (χ3v) is 3.96. The average molecular weight is 320 g/mol. The first-order chi connectivity index (χ1) is 11.0. The van der Waals surface area contributed by atoms with Gasteiger partial charge in [-0.3, -0.25) is 14.6 Å². The molecule has 0 aromatic carbocycles. The zero-order valence-corrected chi connectivity index (χ0v) is 13.6. The van der Waals surface area contributed by atoms with Crippen LogP contribution in [0.15, 0.2) is 18.3 Å². The summed E-state index contributed by atoms with van der Waals surface area (Å²) in [6.45, 7) is 3.49. The Hall–Kier alpha value is -2.15. The van der Waals surface area contributed by atoms with E-state index in [-0.39, 0.29) is 23.8 Å². The van der Waals surface area contributed by atoms with Crippen LogP contribution in [-0.2, 0) is 9.53 Å². The fraction of sp³-hybridized carbons (Fsp3) is 0.562. The number of ether oxygens (including phenoxy) is 1. The number of nitrogens with zero attached hydrogens (tertiary/aromatic N) is 2. The van der Waals surface area contributed by atoms with Crippen molar-refractivity contribution in [3.63, 3.8) is 0 Å². The summed E-state index contributed by atoms with van der Waals surface area (Å²) in [6, 6.07) is 3.21. The Morgan fingerprint density at radius 3 is 2.78 bits per heavy atom. The Bertz CT molecular complexity index is 556. The second-order valence-corrected chi connectivity index (χ2v) is 5.91. The number of carbonyl (C=O) groups is 2. The summed E-state index contributed by atoms with van der Waals surface area (Å²) in [5.41, 5.74) is 6.55. The largest absolute Gasteiger partial charge is 0.399 e. The molecule has 2 heterocycles. The van der Waals surface area contributed by atoms with Gasteiger partial charge >= 0.3 is 0 Å². The second-order valence-electron chi connectivity index (χ2n) is 5.91. The molecule has 1 unspecified atom stereocenters. The molecule has 2 amide bonds. The van der Waals surface area contributed by atoms with Gasteiger partial charge in [-0.2, -0.15) is 0 Å². The number of amides is 2. The van der Waals surface area contributed by atoms with Gasteiger partial charge in [0, 0.05) is 44.0 Å². The van der Waals surface area contributed by atoms with E-state index in [1.165, 1.54) is 6.20 Å². The number of rotatable bonds is 5. The van der Waals surface area contributed by atoms with Crippen LogP contribution in [0.1, 0.15) is 30.3 Å². The SMILES string of the molecule is COCC(C)NC(=O)C1CCN(C(=O)c2cc(N)ccn2)CC1. The van der Waals surface area contributed by atoms with Crippen molar-refractivity contribution in [1.82, 2.24) is 15.2 Å². The van der Waals surface area contributed by atoms with Crippen LogP contribution in [-0.4, -0.2) is 54.5 Å². The fourth-order valence-corrected chi connectivity index (χ4v) is 2.72. The topological polar surface area (TPSA) is 97.5 Å². The molecule has 0 aliphatic carbocycles. The number of nitrogen functional groups attached to an aromatic ring is 1. The van der Waals surface area contributed by atoms with Crippen LogP contribution >= 0.6 is 0 Å². The van der Waals surface area contributed by atoms with Gasteiger partial charge in [0.1, 0.15) is 5.69 Å². The quantitative estimate of drug-likeness (QED) is 0.831. The second kappa shape index (κ2) is 7.92. The number of aromatic nitrogens is 1. The van der Waals surface area contributed by atoms with E-state index in [9.17, 15) is 9.59 Å². The third kappa shape index (κ3) is 4.66. The smallest absolute Gasteiger partial charge is 0.272 e. The molecule has 0 spiro atoms. The lowest BCUT2D eigenvalue weighted by molar-refractivity contribution is -0.127. The Morgan fingerprint density at radius 2 is 2.17 bits per heavy atom. The third-order valence-electron chi connectivity index (χ3n) is 3.96. The van der Waals surface area contributed by atoms with E-state index in [0.29, 0.717) is 43.9 Å². The number of pyridine rings is 1. The summed E-state index contributed by atoms with van der Waals surface area (Å²) in [6.07, 6.45) is 2.83. The first-order valence-electron chi connectivity index (χ1n) is 7.81. The lowest BCUT2D eigenvalue weighted by Gasteiger charge is -2.31. The molecule has 7 heteroatoms. The van der Waals surface area contributed by atoms with E-state index in [1.807, 2.05) is 6.92 Å². The molecular formula is C16H24N4O3. The highest BCUT2D eigenvalue weighted by atomic mass is 16.5. The first-order valence-corrected chi connectivity index (χ1v) is 7.81. The van der Waals surface area contributed by atoms with E-state index in [4.69, 9.17) is 10.5 Å². The van der Waals surface area contributed by atoms with Crippen molar-refractivity contribution in [1.29, 1.82) is 0 Å². The number of nitrogens with one attached hydrogen (secondary N) is 1. The number of methoxy groups -OCH3 is 1. The molecule has 1 aromatic rings. The van der Waals surface area contributed by atoms with Crippen molar-refractivity contribution >= 4 is 17.5 Å². The number of hydrogen-bond donors (Lipinski definition) is 2. The molecule has 1 aliphatic rings. The maximum Gasteiger partial charge on any atom is 0.272 e. The zero-order valence-electron chi connectivity index (χ0n) is 13.6. The standard InChI is InChI=1S/C16H24N4O3/c1-11(10-23-2)19-15(21)12-4-7-20(8-5-12)16(22)14-9-13(17)3-6-18-14/h3,6,9,11-12H,4-5,7-8,10H2,1-2H3,(H2,17,18)(H,19,21). The van der Waals surface area contributed by atoms with Gasteiger partial charge in [-0.15, -0.1) is 0 Å². The number of hydrogen-bond acceptors (Lipinski definition) is 5. The van der Waals surface area contributed by atoms with E-state index in [1.54, 1.807) is 24.1 Å². The van der Waals surface area contributed by atoms with Crippen molar-refractivity contribution in [3.8, 4) is 0 Å². The zero-order chi connectivity index (χ0) is 16.8. The maximum absolute atomic E-state index is 12.4. The highest BCUT2D eigenvalue weighted by molar-refractivity contribution is 5.93. The van der Waals surface area contributed by atoms with Crippen LogP contribution in [0.4, 0.5) is 5.69 Å². The van der Waals surface area contributed by atoms with E-state index in [0.717, 1.165) is 0 Å². The van der Waals surface area contributed by atoms with Gasteiger partial charge in [-0.25, -0.2) is 0 Å². The number of nitrogens with two attached hydrogens (primary N) is 1. The predicted molar refractivity (Wildman–Crippen MR) is 86.8 cm³/mol. The van der Waals surface area contributed by atoms with Crippen LogP contribution < -0.4 is 11.1 Å². The Kier molecular flexibility index (Phi) is 5.92. The van der Waals surface area contributed by atoms with Crippen LogP contribution in [0.25, 0.3) is 0 Å². The van der Waals surface area contributed by atoms with Gasteiger partial charge in [-0.1, -0.05) is 0 Å². The molecular weight excluding hydrogens is 296 g/mol. The molecule has 0 radical (unpaired) electrons. The van der Waals surface area contributed by atoms with E-state index >= 15 is 0 Å². The average Bonchev–Trinajstić information content (AvgIpc) is 2.54. The minimum absolute atomic E-state index is 0.0105. The molecule has 3 N–H and O–H groups in total. The van der Waals surface area contributed by atoms with Gasteiger partial charge in [0.05, 0.1) is 6.61 Å². The maximum atomic E-state index is 12.4. The van der Waals surface area contributed by atoms with Crippen LogP contribution in [0.5, 0.6) is 0 Å². The summed E-state index contributed by atoms with van der Waals surface area (Å²) in [7, 11) is 1.61. The Morgan fingerprint density at radius 1 is 1.48 bits per heavy atom. The molecule has 2 rings (SSSR count). The summed E-state index contributed by atoms with van der Waals surface area (Å²) < 4.78 is 5.01. The van der Waals surface area contributed by atoms with E-state index in [2.05, 4.69) is 10.3 Å². The van der Waals surface area contributed by atoms with Crippen LogP contribution in [0.2, 0.25) is 0 Å². The normalized spacial score (nSPS) is 16.9. The number of likely N-dealkylation sites (tertiary alicyclic amines) is 1. The van der Waals surface area contributed by atoms with Gasteiger partial charge in [-0.05, 0) is 31.9 Å². The van der Waals surface area contributed by atoms with Gasteiger partial charge < -0.3 is 20.7 Å². The van der Waals surface area contributed by atoms with Gasteiger partial charge in [0.25, 0.3) is 5.91 Å². The molecule has 1 aromatic heterocycles. The lowest BCUT2D eigenvalue weighted by Crippen LogP contribution is -2.45. The van der Waals surface area contributed by atoms with Gasteiger partial charge in [0.15, 0.2) is 0 Å². The first kappa shape index (κ1) is 17.2. The highest BCUT2D eigenvalue weighted by Crippen LogP contribution is 2.19. The Labute approximate surface area is 136 Å². The van der Waals surface area contributed by atoms with Crippen molar-refractivity contribution in [2.24, 2.45) is 5.92 Å². The van der Waals surface area contributed by atoms with Crippen molar-refractivity contribution in [2.75, 3.05) is 32.5 Å². The van der Waals surface area contributed by atoms with Crippen molar-refractivity contribution in [3.05, 3.63) is 24.0 Å². The molecule has 126 valence electrons. The molecule has 1 saturated heterocycles. The molecule has 0 saturated carbocycles. The van der Waals surface area contributed by atoms with Gasteiger partial charge in [0.2, 0.25) is 5.91 Å². The minimum Gasteiger partial charge on any atom is -0.399 e. The molecule has 1 atom stereocenters. The molecule has 7 nitrogen and oxygen atoms in total.